The quantitative estimate of drug-likeness (QED) is 0.741. The smallest absolute Gasteiger partial charge is 0.270 e. The molecular weight excluding hydrogens is 264 g/mol. The van der Waals surface area contributed by atoms with Crippen molar-refractivity contribution in [3.8, 4) is 11.5 Å². The highest BCUT2D eigenvalue weighted by molar-refractivity contribution is 7.07. The van der Waals surface area contributed by atoms with E-state index in [0.29, 0.717) is 17.6 Å². The fourth-order valence-electron chi connectivity index (χ4n) is 2.22. The van der Waals surface area contributed by atoms with Gasteiger partial charge >= 0.3 is 0 Å². The van der Waals surface area contributed by atoms with Gasteiger partial charge in [-0.2, -0.15) is 0 Å². The zero-order chi connectivity index (χ0) is 12.8. The maximum atomic E-state index is 12.1. The number of aromatic nitrogens is 1. The average molecular weight is 274 g/mol. The van der Waals surface area contributed by atoms with Crippen LogP contribution in [0.1, 0.15) is 5.56 Å². The molecule has 0 atom stereocenters. The lowest BCUT2D eigenvalue weighted by molar-refractivity contribution is 0.174. The van der Waals surface area contributed by atoms with Crippen LogP contribution in [0.4, 0.5) is 0 Å². The molecule has 0 N–H and O–H groups in total. The second kappa shape index (κ2) is 3.96. The summed E-state index contributed by atoms with van der Waals surface area (Å²) in [5.74, 6) is 1.47. The maximum absolute atomic E-state index is 12.1. The van der Waals surface area contributed by atoms with Crippen molar-refractivity contribution in [1.82, 2.24) is 4.57 Å². The van der Waals surface area contributed by atoms with Crippen molar-refractivity contribution in [3.63, 3.8) is 0 Å². The zero-order valence-corrected chi connectivity index (χ0v) is 10.8. The fourth-order valence-corrected chi connectivity index (χ4v) is 3.25. The SMILES string of the molecule is O=c1/c(=C/c2ccc3c(c2)OCO3)sc2n1CCN=2. The van der Waals surface area contributed by atoms with Gasteiger partial charge in [-0.15, -0.1) is 0 Å². The molecule has 0 unspecified atom stereocenters. The third-order valence-electron chi connectivity index (χ3n) is 3.15. The third kappa shape index (κ3) is 1.67. The van der Waals surface area contributed by atoms with E-state index in [1.54, 1.807) is 4.57 Å². The van der Waals surface area contributed by atoms with Crippen LogP contribution >= 0.6 is 11.3 Å². The van der Waals surface area contributed by atoms with Gasteiger partial charge in [-0.25, -0.2) is 0 Å². The molecule has 1 aromatic heterocycles. The van der Waals surface area contributed by atoms with Crippen LogP contribution in [0.25, 0.3) is 6.08 Å². The van der Waals surface area contributed by atoms with E-state index in [2.05, 4.69) is 4.99 Å². The summed E-state index contributed by atoms with van der Waals surface area (Å²) in [5.41, 5.74) is 0.973. The third-order valence-corrected chi connectivity index (χ3v) is 4.20. The highest BCUT2D eigenvalue weighted by atomic mass is 32.1. The van der Waals surface area contributed by atoms with Crippen molar-refractivity contribution in [2.45, 2.75) is 6.54 Å². The summed E-state index contributed by atoms with van der Waals surface area (Å²) in [4.78, 5) is 17.2. The van der Waals surface area contributed by atoms with Crippen molar-refractivity contribution in [2.75, 3.05) is 13.3 Å². The number of rotatable bonds is 1. The van der Waals surface area contributed by atoms with Crippen LogP contribution in [-0.4, -0.2) is 17.9 Å². The molecule has 0 saturated heterocycles. The van der Waals surface area contributed by atoms with E-state index < -0.39 is 0 Å². The Labute approximate surface area is 112 Å². The van der Waals surface area contributed by atoms with E-state index in [9.17, 15) is 4.79 Å². The van der Waals surface area contributed by atoms with Gasteiger partial charge in [0.15, 0.2) is 16.3 Å². The van der Waals surface area contributed by atoms with Gasteiger partial charge in [0.25, 0.3) is 5.56 Å². The molecule has 0 radical (unpaired) electrons. The topological polar surface area (TPSA) is 52.8 Å². The number of hydrogen-bond donors (Lipinski definition) is 0. The lowest BCUT2D eigenvalue weighted by Crippen LogP contribution is -2.29. The van der Waals surface area contributed by atoms with Gasteiger partial charge in [0, 0.05) is 6.54 Å². The Kier molecular flexibility index (Phi) is 2.25. The maximum Gasteiger partial charge on any atom is 0.270 e. The monoisotopic (exact) mass is 274 g/mol. The minimum Gasteiger partial charge on any atom is -0.454 e. The Morgan fingerprint density at radius 1 is 1.32 bits per heavy atom. The molecule has 3 heterocycles. The number of thiazole rings is 1. The fraction of sp³-hybridized carbons (Fsp3) is 0.231. The van der Waals surface area contributed by atoms with Crippen LogP contribution in [0.3, 0.4) is 0 Å². The number of benzene rings is 1. The Balaban J connectivity index is 1.86. The predicted molar refractivity (Wildman–Crippen MR) is 70.4 cm³/mol. The Morgan fingerprint density at radius 2 is 2.21 bits per heavy atom. The molecule has 2 aliphatic heterocycles. The first-order valence-corrected chi connectivity index (χ1v) is 6.78. The molecule has 0 fully saturated rings. The van der Waals surface area contributed by atoms with E-state index in [4.69, 9.17) is 9.47 Å². The Hall–Kier alpha value is -2.08. The first kappa shape index (κ1) is 10.8. The van der Waals surface area contributed by atoms with E-state index >= 15 is 0 Å². The second-order valence-electron chi connectivity index (χ2n) is 4.34. The van der Waals surface area contributed by atoms with Gasteiger partial charge in [0.1, 0.15) is 0 Å². The van der Waals surface area contributed by atoms with Crippen LogP contribution in [-0.2, 0) is 6.54 Å². The minimum atomic E-state index is 0.0407. The van der Waals surface area contributed by atoms with Gasteiger partial charge in [0.2, 0.25) is 6.79 Å². The summed E-state index contributed by atoms with van der Waals surface area (Å²) in [6, 6.07) is 5.66. The molecule has 96 valence electrons. The minimum absolute atomic E-state index is 0.0407. The van der Waals surface area contributed by atoms with Gasteiger partial charge in [0.05, 0.1) is 11.1 Å². The van der Waals surface area contributed by atoms with Gasteiger partial charge < -0.3 is 9.47 Å². The molecule has 0 bridgehead atoms. The molecule has 0 saturated carbocycles. The molecule has 0 aliphatic carbocycles. The largest absolute Gasteiger partial charge is 0.454 e. The van der Waals surface area contributed by atoms with Crippen LogP contribution < -0.4 is 24.4 Å². The van der Waals surface area contributed by atoms with E-state index in [1.807, 2.05) is 24.3 Å². The number of nitrogens with zero attached hydrogens (tertiary/aromatic N) is 2. The van der Waals surface area contributed by atoms with Crippen LogP contribution in [0.15, 0.2) is 28.0 Å². The molecule has 2 aliphatic rings. The molecule has 0 spiro atoms. The highest BCUT2D eigenvalue weighted by Gasteiger charge is 2.13. The first-order chi connectivity index (χ1) is 9.31. The summed E-state index contributed by atoms with van der Waals surface area (Å²) in [7, 11) is 0. The number of hydrogen-bond acceptors (Lipinski definition) is 5. The lowest BCUT2D eigenvalue weighted by atomic mass is 10.2. The molecule has 2 aromatic rings. The van der Waals surface area contributed by atoms with Gasteiger partial charge in [-0.1, -0.05) is 17.4 Å². The highest BCUT2D eigenvalue weighted by Crippen LogP contribution is 2.32. The lowest BCUT2D eigenvalue weighted by Gasteiger charge is -1.96. The average Bonchev–Trinajstić information content (AvgIpc) is 3.09. The van der Waals surface area contributed by atoms with Gasteiger partial charge in [-0.3, -0.25) is 14.4 Å². The van der Waals surface area contributed by atoms with Crippen molar-refractivity contribution >= 4 is 17.4 Å². The molecule has 6 heteroatoms. The first-order valence-electron chi connectivity index (χ1n) is 5.97. The molecular formula is C13H10N2O3S. The summed E-state index contributed by atoms with van der Waals surface area (Å²) in [5, 5.41) is 0. The molecule has 0 amide bonds. The number of ether oxygens (including phenoxy) is 2. The molecule has 5 nitrogen and oxygen atoms in total. The summed E-state index contributed by atoms with van der Waals surface area (Å²) in [6.45, 7) is 1.67. The van der Waals surface area contributed by atoms with Crippen molar-refractivity contribution in [2.24, 2.45) is 4.99 Å². The van der Waals surface area contributed by atoms with Crippen LogP contribution in [0.2, 0.25) is 0 Å². The summed E-state index contributed by atoms with van der Waals surface area (Å²) >= 11 is 1.43. The van der Waals surface area contributed by atoms with Crippen LogP contribution in [0, 0.1) is 0 Å². The predicted octanol–water partition coefficient (Wildman–Crippen LogP) is 0.100. The Morgan fingerprint density at radius 3 is 3.11 bits per heavy atom. The molecule has 1 aromatic carbocycles. The normalized spacial score (nSPS) is 16.5. The Bertz CT molecular complexity index is 835. The van der Waals surface area contributed by atoms with Crippen molar-refractivity contribution in [1.29, 1.82) is 0 Å². The second-order valence-corrected chi connectivity index (χ2v) is 5.35. The van der Waals surface area contributed by atoms with E-state index in [-0.39, 0.29) is 12.4 Å². The summed E-state index contributed by atoms with van der Waals surface area (Å²) < 4.78 is 13.0. The van der Waals surface area contributed by atoms with Crippen LogP contribution in [0.5, 0.6) is 11.5 Å². The van der Waals surface area contributed by atoms with E-state index in [0.717, 1.165) is 21.9 Å². The van der Waals surface area contributed by atoms with E-state index in [1.165, 1.54) is 11.3 Å². The van der Waals surface area contributed by atoms with Crippen molar-refractivity contribution in [3.05, 3.63) is 43.5 Å². The zero-order valence-electron chi connectivity index (χ0n) is 9.96. The summed E-state index contributed by atoms with van der Waals surface area (Å²) in [6.07, 6.45) is 1.87. The molecule has 19 heavy (non-hydrogen) atoms. The van der Waals surface area contributed by atoms with Crippen molar-refractivity contribution < 1.29 is 9.47 Å². The number of fused-ring (bicyclic) bond motifs is 2. The van der Waals surface area contributed by atoms with Gasteiger partial charge in [-0.05, 0) is 23.8 Å². The standard InChI is InChI=1S/C13H10N2O3S/c16-12-11(19-13-14-3-4-15(12)13)6-8-1-2-9-10(5-8)18-7-17-9/h1-2,5-6H,3-4,7H2/b11-6-. The molecule has 4 rings (SSSR count).